The van der Waals surface area contributed by atoms with Crippen LogP contribution in [0, 0.1) is 5.92 Å². The van der Waals surface area contributed by atoms with Gasteiger partial charge in [0.15, 0.2) is 0 Å². The maximum absolute atomic E-state index is 11.4. The molecule has 2 rings (SSSR count). The van der Waals surface area contributed by atoms with Crippen molar-refractivity contribution in [1.29, 1.82) is 0 Å². The second kappa shape index (κ2) is 5.67. The molecule has 3 nitrogen and oxygen atoms in total. The third-order valence-electron chi connectivity index (χ3n) is 4.16. The summed E-state index contributed by atoms with van der Waals surface area (Å²) >= 11 is 0. The molecule has 1 atom stereocenters. The fourth-order valence-electron chi connectivity index (χ4n) is 3.23. The molecule has 1 heterocycles. The van der Waals surface area contributed by atoms with E-state index in [1.807, 2.05) is 0 Å². The molecule has 3 heteroatoms. The summed E-state index contributed by atoms with van der Waals surface area (Å²) in [7, 11) is 0. The number of nitrogens with two attached hydrogens (primary N) is 1. The molecule has 16 heavy (non-hydrogen) atoms. The lowest BCUT2D eigenvalue weighted by Crippen LogP contribution is -2.49. The van der Waals surface area contributed by atoms with E-state index in [1.54, 1.807) is 0 Å². The maximum atomic E-state index is 11.4. The fraction of sp³-hybridized carbons (Fsp3) is 0.923. The second-order valence-corrected chi connectivity index (χ2v) is 5.41. The molecule has 0 bridgehead atoms. The van der Waals surface area contributed by atoms with Crippen molar-refractivity contribution < 1.29 is 6.22 Å². The summed E-state index contributed by atoms with van der Waals surface area (Å²) in [6, 6.07) is 0.0238. The molecule has 1 saturated heterocycles. The number of rotatable bonds is 3. The quantitative estimate of drug-likeness (QED) is 0.801. The van der Waals surface area contributed by atoms with Gasteiger partial charge in [0.05, 0.1) is 6.04 Å². The fourth-order valence-corrected chi connectivity index (χ4v) is 3.23. The van der Waals surface area contributed by atoms with Gasteiger partial charge in [-0.05, 0) is 38.1 Å². The van der Waals surface area contributed by atoms with Crippen LogP contribution in [0.4, 0.5) is 0 Å². The van der Waals surface area contributed by atoms with Crippen molar-refractivity contribution in [2.75, 3.05) is 13.1 Å². The Hall–Kier alpha value is -0.570. The number of hydrogen-bond acceptors (Lipinski definition) is 2. The van der Waals surface area contributed by atoms with E-state index in [2.05, 4.69) is 4.90 Å². The van der Waals surface area contributed by atoms with E-state index in [9.17, 15) is 4.79 Å². The molecule has 1 saturated carbocycles. The highest BCUT2D eigenvalue weighted by atomic mass is 16.1. The van der Waals surface area contributed by atoms with Crippen molar-refractivity contribution in [3.05, 3.63) is 0 Å². The lowest BCUT2D eigenvalue weighted by Gasteiger charge is -2.37. The van der Waals surface area contributed by atoms with E-state index in [1.165, 1.54) is 38.5 Å². The minimum absolute atomic E-state index is 0. The molecule has 1 aliphatic heterocycles. The zero-order valence-corrected chi connectivity index (χ0v) is 10.2. The maximum Gasteiger partial charge on any atom is 0.234 e. The molecule has 0 aromatic carbocycles. The number of carbonyl (C=O) groups is 1. The van der Waals surface area contributed by atoms with Gasteiger partial charge >= 0.3 is 0 Å². The number of carbonyl (C=O) groups excluding carboxylic acids is 1. The molecule has 1 amide bonds. The van der Waals surface area contributed by atoms with Crippen molar-refractivity contribution >= 4 is 5.91 Å². The van der Waals surface area contributed by atoms with Crippen LogP contribution in [0.15, 0.2) is 0 Å². The predicted octanol–water partition coefficient (Wildman–Crippen LogP) is 2.15. The average molecular weight is 226 g/mol. The first-order valence-corrected chi connectivity index (χ1v) is 6.81. The molecule has 94 valence electrons. The van der Waals surface area contributed by atoms with Crippen molar-refractivity contribution in [1.82, 2.24) is 4.90 Å². The molecule has 0 aromatic rings. The SMILES string of the molecule is NC(=O)[C@H]1CCCCN1CC1CCCCC1.[HH]. The molecular formula is C13H26N2O. The lowest BCUT2D eigenvalue weighted by atomic mass is 9.88. The monoisotopic (exact) mass is 226 g/mol. The van der Waals surface area contributed by atoms with E-state index >= 15 is 0 Å². The van der Waals surface area contributed by atoms with Crippen LogP contribution in [-0.4, -0.2) is 29.9 Å². The largest absolute Gasteiger partial charge is 0.368 e. The van der Waals surface area contributed by atoms with Crippen LogP contribution in [0.1, 0.15) is 52.8 Å². The summed E-state index contributed by atoms with van der Waals surface area (Å²) in [4.78, 5) is 13.7. The van der Waals surface area contributed by atoms with Crippen molar-refractivity contribution in [3.8, 4) is 0 Å². The first kappa shape index (κ1) is 11.9. The highest BCUT2D eigenvalue weighted by molar-refractivity contribution is 5.79. The Morgan fingerprint density at radius 2 is 1.81 bits per heavy atom. The Balaban J connectivity index is 0.00000144. The Bertz CT molecular complexity index is 242. The third kappa shape index (κ3) is 2.97. The van der Waals surface area contributed by atoms with Gasteiger partial charge in [0.2, 0.25) is 5.91 Å². The van der Waals surface area contributed by atoms with E-state index in [-0.39, 0.29) is 13.4 Å². The summed E-state index contributed by atoms with van der Waals surface area (Å²) in [5.74, 6) is 0.698. The molecule has 2 aliphatic rings. The molecular weight excluding hydrogens is 200 g/mol. The number of nitrogens with zero attached hydrogens (tertiary/aromatic N) is 1. The van der Waals surface area contributed by atoms with Gasteiger partial charge in [0.1, 0.15) is 0 Å². The number of piperidine rings is 1. The van der Waals surface area contributed by atoms with Gasteiger partial charge in [-0.2, -0.15) is 0 Å². The van der Waals surface area contributed by atoms with Gasteiger partial charge in [-0.15, -0.1) is 0 Å². The molecule has 0 unspecified atom stereocenters. The number of hydrogen-bond donors (Lipinski definition) is 1. The van der Waals surface area contributed by atoms with Crippen molar-refractivity contribution in [2.45, 2.75) is 57.4 Å². The Labute approximate surface area is 99.9 Å². The summed E-state index contributed by atoms with van der Waals surface area (Å²) < 4.78 is 0. The van der Waals surface area contributed by atoms with E-state index in [0.717, 1.165) is 31.8 Å². The molecule has 0 radical (unpaired) electrons. The molecule has 1 aliphatic carbocycles. The first-order chi connectivity index (χ1) is 7.77. The van der Waals surface area contributed by atoms with Crippen molar-refractivity contribution in [3.63, 3.8) is 0 Å². The van der Waals surface area contributed by atoms with Crippen LogP contribution < -0.4 is 5.73 Å². The summed E-state index contributed by atoms with van der Waals surface area (Å²) in [5.41, 5.74) is 5.48. The van der Waals surface area contributed by atoms with Gasteiger partial charge < -0.3 is 5.73 Å². The standard InChI is InChI=1S/C13H24N2O.H2/c14-13(16)12-8-4-5-9-15(12)10-11-6-2-1-3-7-11;/h11-12H,1-10H2,(H2,14,16);1H/t12-;/m1./s1. The highest BCUT2D eigenvalue weighted by Crippen LogP contribution is 2.27. The topological polar surface area (TPSA) is 46.3 Å². The van der Waals surface area contributed by atoms with E-state index in [4.69, 9.17) is 5.73 Å². The van der Waals surface area contributed by atoms with Gasteiger partial charge in [0, 0.05) is 7.97 Å². The normalized spacial score (nSPS) is 29.1. The number of primary amides is 1. The zero-order valence-electron chi connectivity index (χ0n) is 10.2. The average Bonchev–Trinajstić information content (AvgIpc) is 2.31. The van der Waals surface area contributed by atoms with Crippen LogP contribution >= 0.6 is 0 Å². The minimum Gasteiger partial charge on any atom is -0.368 e. The number of likely N-dealkylation sites (tertiary alicyclic amines) is 1. The van der Waals surface area contributed by atoms with Crippen molar-refractivity contribution in [2.24, 2.45) is 11.7 Å². The van der Waals surface area contributed by atoms with Gasteiger partial charge in [-0.25, -0.2) is 0 Å². The van der Waals surface area contributed by atoms with Gasteiger partial charge in [-0.3, -0.25) is 9.69 Å². The molecule has 2 N–H and O–H groups in total. The van der Waals surface area contributed by atoms with Gasteiger partial charge in [-0.1, -0.05) is 25.7 Å². The van der Waals surface area contributed by atoms with Crippen LogP contribution in [0.5, 0.6) is 0 Å². The second-order valence-electron chi connectivity index (χ2n) is 5.41. The smallest absolute Gasteiger partial charge is 0.234 e. The zero-order chi connectivity index (χ0) is 11.4. The van der Waals surface area contributed by atoms with Gasteiger partial charge in [0.25, 0.3) is 0 Å². The Morgan fingerprint density at radius 1 is 1.12 bits per heavy atom. The van der Waals surface area contributed by atoms with Crippen LogP contribution in [0.3, 0.4) is 0 Å². The summed E-state index contributed by atoms with van der Waals surface area (Å²) in [6.45, 7) is 2.18. The minimum atomic E-state index is -0.115. The lowest BCUT2D eigenvalue weighted by molar-refractivity contribution is -0.124. The molecule has 2 fully saturated rings. The Kier molecular flexibility index (Phi) is 4.22. The predicted molar refractivity (Wildman–Crippen MR) is 67.1 cm³/mol. The number of amides is 1. The summed E-state index contributed by atoms with van der Waals surface area (Å²) in [6.07, 6.45) is 10.2. The summed E-state index contributed by atoms with van der Waals surface area (Å²) in [5, 5.41) is 0. The van der Waals surface area contributed by atoms with E-state index in [0.29, 0.717) is 0 Å². The van der Waals surface area contributed by atoms with Crippen LogP contribution in [0.25, 0.3) is 0 Å². The first-order valence-electron chi connectivity index (χ1n) is 6.81. The van der Waals surface area contributed by atoms with Crippen LogP contribution in [-0.2, 0) is 4.79 Å². The molecule has 0 aromatic heterocycles. The van der Waals surface area contributed by atoms with Crippen LogP contribution in [0.2, 0.25) is 0 Å². The van der Waals surface area contributed by atoms with E-state index < -0.39 is 0 Å². The Morgan fingerprint density at radius 3 is 2.50 bits per heavy atom. The third-order valence-corrected chi connectivity index (χ3v) is 4.16. The molecule has 0 spiro atoms. The highest BCUT2D eigenvalue weighted by Gasteiger charge is 2.28.